The molecule has 1 aromatic heterocycles. The molecule has 1 saturated heterocycles. The van der Waals surface area contributed by atoms with Gasteiger partial charge in [-0.3, -0.25) is 4.90 Å². The first kappa shape index (κ1) is 11.7. The van der Waals surface area contributed by atoms with E-state index in [-0.39, 0.29) is 0 Å². The first-order chi connectivity index (χ1) is 7.77. The van der Waals surface area contributed by atoms with Crippen LogP contribution < -0.4 is 5.32 Å². The molecule has 0 spiro atoms. The Morgan fingerprint density at radius 2 is 2.44 bits per heavy atom. The quantitative estimate of drug-likeness (QED) is 0.848. The lowest BCUT2D eigenvalue weighted by Crippen LogP contribution is -2.43. The van der Waals surface area contributed by atoms with Gasteiger partial charge in [-0.2, -0.15) is 0 Å². The van der Waals surface area contributed by atoms with E-state index in [1.807, 2.05) is 6.07 Å². The van der Waals surface area contributed by atoms with Gasteiger partial charge in [0.05, 0.1) is 12.3 Å². The van der Waals surface area contributed by atoms with Gasteiger partial charge in [-0.25, -0.2) is 0 Å². The zero-order valence-corrected chi connectivity index (χ0v) is 10.3. The molecule has 2 rings (SSSR count). The molecule has 0 amide bonds. The smallest absolute Gasteiger partial charge is 0.120 e. The van der Waals surface area contributed by atoms with Gasteiger partial charge in [0.15, 0.2) is 0 Å². The molecule has 1 aliphatic rings. The van der Waals surface area contributed by atoms with Gasteiger partial charge < -0.3 is 9.73 Å². The number of furan rings is 1. The van der Waals surface area contributed by atoms with Crippen LogP contribution >= 0.6 is 0 Å². The van der Waals surface area contributed by atoms with Crippen molar-refractivity contribution < 1.29 is 4.42 Å². The van der Waals surface area contributed by atoms with E-state index in [9.17, 15) is 0 Å². The molecule has 1 N–H and O–H groups in total. The minimum absolute atomic E-state index is 0.360. The van der Waals surface area contributed by atoms with Crippen molar-refractivity contribution in [3.63, 3.8) is 0 Å². The van der Waals surface area contributed by atoms with Crippen LogP contribution in [0.4, 0.5) is 0 Å². The first-order valence-electron chi connectivity index (χ1n) is 6.24. The molecule has 1 aliphatic heterocycles. The van der Waals surface area contributed by atoms with Crippen LogP contribution in [0.2, 0.25) is 0 Å². The molecular weight excluding hydrogens is 200 g/mol. The molecular formula is C13H22N2O. The number of nitrogens with one attached hydrogen (secondary N) is 1. The van der Waals surface area contributed by atoms with Crippen LogP contribution in [0.1, 0.15) is 38.0 Å². The number of rotatable bonds is 4. The van der Waals surface area contributed by atoms with Gasteiger partial charge in [0.1, 0.15) is 5.76 Å². The summed E-state index contributed by atoms with van der Waals surface area (Å²) < 4.78 is 5.44. The van der Waals surface area contributed by atoms with E-state index in [4.69, 9.17) is 4.42 Å². The highest BCUT2D eigenvalue weighted by molar-refractivity contribution is 5.03. The van der Waals surface area contributed by atoms with E-state index in [2.05, 4.69) is 30.3 Å². The van der Waals surface area contributed by atoms with Gasteiger partial charge in [0.2, 0.25) is 0 Å². The Morgan fingerprint density at radius 1 is 1.56 bits per heavy atom. The number of nitrogens with zero attached hydrogens (tertiary/aromatic N) is 1. The molecule has 0 aromatic carbocycles. The van der Waals surface area contributed by atoms with Crippen LogP contribution in [-0.2, 0) is 0 Å². The van der Waals surface area contributed by atoms with Crippen LogP contribution in [0.15, 0.2) is 22.8 Å². The lowest BCUT2D eigenvalue weighted by atomic mass is 10.0. The van der Waals surface area contributed by atoms with E-state index in [1.54, 1.807) is 6.26 Å². The summed E-state index contributed by atoms with van der Waals surface area (Å²) in [5.41, 5.74) is 0. The van der Waals surface area contributed by atoms with Crippen LogP contribution in [0.5, 0.6) is 0 Å². The zero-order valence-electron chi connectivity index (χ0n) is 10.3. The van der Waals surface area contributed by atoms with Gasteiger partial charge >= 0.3 is 0 Å². The standard InChI is InChI=1S/C13H22N2O/c1-11(13-7-5-9-16-13)15(2)10-12-6-3-4-8-14-12/h5,7,9,11-12,14H,3-4,6,8,10H2,1-2H3/t11-,12+/m0/s1. The summed E-state index contributed by atoms with van der Waals surface area (Å²) in [5, 5.41) is 3.58. The maximum Gasteiger partial charge on any atom is 0.120 e. The monoisotopic (exact) mass is 222 g/mol. The van der Waals surface area contributed by atoms with Gasteiger partial charge in [-0.1, -0.05) is 6.42 Å². The molecule has 1 aromatic rings. The summed E-state index contributed by atoms with van der Waals surface area (Å²) in [6, 6.07) is 5.02. The molecule has 16 heavy (non-hydrogen) atoms. The van der Waals surface area contributed by atoms with Crippen molar-refractivity contribution >= 4 is 0 Å². The summed E-state index contributed by atoms with van der Waals surface area (Å²) in [4.78, 5) is 2.36. The highest BCUT2D eigenvalue weighted by Crippen LogP contribution is 2.20. The highest BCUT2D eigenvalue weighted by Gasteiger charge is 2.19. The third-order valence-corrected chi connectivity index (χ3v) is 3.54. The van der Waals surface area contributed by atoms with Crippen LogP contribution in [-0.4, -0.2) is 31.1 Å². The van der Waals surface area contributed by atoms with Crippen molar-refractivity contribution in [1.82, 2.24) is 10.2 Å². The van der Waals surface area contributed by atoms with E-state index in [0.717, 1.165) is 12.3 Å². The number of hydrogen-bond donors (Lipinski definition) is 1. The average molecular weight is 222 g/mol. The highest BCUT2D eigenvalue weighted by atomic mass is 16.3. The second-order valence-corrected chi connectivity index (χ2v) is 4.78. The molecule has 0 aliphatic carbocycles. The minimum atomic E-state index is 0.360. The zero-order chi connectivity index (χ0) is 11.4. The Balaban J connectivity index is 1.84. The molecule has 0 radical (unpaired) electrons. The molecule has 0 saturated carbocycles. The summed E-state index contributed by atoms with van der Waals surface area (Å²) in [5.74, 6) is 1.05. The summed E-state index contributed by atoms with van der Waals surface area (Å²) in [6.07, 6.45) is 5.74. The maximum atomic E-state index is 5.44. The van der Waals surface area contributed by atoms with Gasteiger partial charge in [0.25, 0.3) is 0 Å². The number of likely N-dealkylation sites (N-methyl/N-ethyl adjacent to an activating group) is 1. The van der Waals surface area contributed by atoms with Crippen LogP contribution in [0.3, 0.4) is 0 Å². The SMILES string of the molecule is C[C@@H](c1ccco1)N(C)C[C@H]1CCCCN1. The van der Waals surface area contributed by atoms with Crippen LogP contribution in [0, 0.1) is 0 Å². The topological polar surface area (TPSA) is 28.4 Å². The predicted molar refractivity (Wildman–Crippen MR) is 65.4 cm³/mol. The van der Waals surface area contributed by atoms with Crippen molar-refractivity contribution in [3.8, 4) is 0 Å². The first-order valence-corrected chi connectivity index (χ1v) is 6.24. The fourth-order valence-electron chi connectivity index (χ4n) is 2.33. The van der Waals surface area contributed by atoms with Gasteiger partial charge in [-0.15, -0.1) is 0 Å². The molecule has 3 nitrogen and oxygen atoms in total. The Hall–Kier alpha value is -0.800. The molecule has 90 valence electrons. The van der Waals surface area contributed by atoms with Crippen LogP contribution in [0.25, 0.3) is 0 Å². The molecule has 2 heterocycles. The second kappa shape index (κ2) is 5.51. The van der Waals surface area contributed by atoms with E-state index >= 15 is 0 Å². The van der Waals surface area contributed by atoms with Crippen molar-refractivity contribution in [1.29, 1.82) is 0 Å². The summed E-state index contributed by atoms with van der Waals surface area (Å²) >= 11 is 0. The number of hydrogen-bond acceptors (Lipinski definition) is 3. The fourth-order valence-corrected chi connectivity index (χ4v) is 2.33. The summed E-state index contributed by atoms with van der Waals surface area (Å²) in [7, 11) is 2.17. The lowest BCUT2D eigenvalue weighted by Gasteiger charge is -2.30. The molecule has 3 heteroatoms. The Kier molecular flexibility index (Phi) is 4.02. The molecule has 2 atom stereocenters. The van der Waals surface area contributed by atoms with Crippen molar-refractivity contribution in [3.05, 3.63) is 24.2 Å². The van der Waals surface area contributed by atoms with Crippen molar-refractivity contribution in [2.75, 3.05) is 20.1 Å². The van der Waals surface area contributed by atoms with Crippen molar-refractivity contribution in [2.24, 2.45) is 0 Å². The largest absolute Gasteiger partial charge is 0.468 e. The van der Waals surface area contributed by atoms with E-state index < -0.39 is 0 Å². The molecule has 0 bridgehead atoms. The second-order valence-electron chi connectivity index (χ2n) is 4.78. The average Bonchev–Trinajstić information content (AvgIpc) is 2.83. The summed E-state index contributed by atoms with van der Waals surface area (Å²) in [6.45, 7) is 4.47. The number of piperidine rings is 1. The maximum absolute atomic E-state index is 5.44. The van der Waals surface area contributed by atoms with E-state index in [0.29, 0.717) is 12.1 Å². The molecule has 1 fully saturated rings. The van der Waals surface area contributed by atoms with Crippen molar-refractivity contribution in [2.45, 2.75) is 38.3 Å². The fraction of sp³-hybridized carbons (Fsp3) is 0.692. The third-order valence-electron chi connectivity index (χ3n) is 3.54. The normalized spacial score (nSPS) is 23.6. The molecule has 0 unspecified atom stereocenters. The minimum Gasteiger partial charge on any atom is -0.468 e. The van der Waals surface area contributed by atoms with Gasteiger partial charge in [0, 0.05) is 12.6 Å². The third kappa shape index (κ3) is 2.86. The Morgan fingerprint density at radius 3 is 3.06 bits per heavy atom. The van der Waals surface area contributed by atoms with Gasteiger partial charge in [-0.05, 0) is 45.5 Å². The lowest BCUT2D eigenvalue weighted by molar-refractivity contribution is 0.195. The Bertz CT molecular complexity index is 291. The predicted octanol–water partition coefficient (Wildman–Crippen LogP) is 2.41. The van der Waals surface area contributed by atoms with E-state index in [1.165, 1.54) is 25.8 Å². The Labute approximate surface area is 97.8 Å².